The molecule has 0 unspecified atom stereocenters. The number of nitro groups is 2. The Morgan fingerprint density at radius 3 is 2.35 bits per heavy atom. The van der Waals surface area contributed by atoms with Gasteiger partial charge in [0.25, 0.3) is 0 Å². The molecule has 26 heavy (non-hydrogen) atoms. The molecular formula is C14H19N7O5. The van der Waals surface area contributed by atoms with Crippen molar-refractivity contribution in [1.82, 2.24) is 24.9 Å². The third-order valence-electron chi connectivity index (χ3n) is 3.78. The maximum Gasteiger partial charge on any atom is 0.468 e. The summed E-state index contributed by atoms with van der Waals surface area (Å²) in [6, 6.07) is 1.96. The Morgan fingerprint density at radius 2 is 1.85 bits per heavy atom. The summed E-state index contributed by atoms with van der Waals surface area (Å²) >= 11 is 0. The van der Waals surface area contributed by atoms with Gasteiger partial charge in [0.1, 0.15) is 12.2 Å². The molecule has 0 aliphatic rings. The average Bonchev–Trinajstić information content (AvgIpc) is 3.03. The van der Waals surface area contributed by atoms with E-state index in [0.717, 1.165) is 16.1 Å². The summed E-state index contributed by atoms with van der Waals surface area (Å²) in [5.74, 6) is -1.31. The van der Waals surface area contributed by atoms with Gasteiger partial charge < -0.3 is 15.4 Å². The topological polar surface area (TPSA) is 151 Å². The molecule has 2 aromatic rings. The van der Waals surface area contributed by atoms with Crippen LogP contribution in [0.2, 0.25) is 0 Å². The molecule has 0 saturated heterocycles. The lowest BCUT2D eigenvalue weighted by molar-refractivity contribution is -0.424. The van der Waals surface area contributed by atoms with E-state index in [0.29, 0.717) is 19.5 Å². The first kappa shape index (κ1) is 19.0. The van der Waals surface area contributed by atoms with Crippen LogP contribution in [-0.2, 0) is 17.9 Å². The summed E-state index contributed by atoms with van der Waals surface area (Å²) < 4.78 is 2.80. The van der Waals surface area contributed by atoms with Gasteiger partial charge in [0.05, 0.1) is 15.7 Å². The normalized spacial score (nSPS) is 10.7. The maximum atomic E-state index is 12.0. The predicted octanol–water partition coefficient (Wildman–Crippen LogP) is 1.03. The Morgan fingerprint density at radius 1 is 1.15 bits per heavy atom. The summed E-state index contributed by atoms with van der Waals surface area (Å²) in [5.41, 5.74) is 1.20. The van der Waals surface area contributed by atoms with Crippen LogP contribution in [0.1, 0.15) is 23.5 Å². The number of hydrogen-bond acceptors (Lipinski definition) is 7. The Kier molecular flexibility index (Phi) is 5.64. The standard InChI is InChI=1S/C14H19N7O5/c1-9-7-10(2)18(16-9)6-4-5-15-12(22)8-19-11(3)13(20(23)24)14(17-19)21(25)26/h7H,4-6,8H2,1-3H3,(H,15,22). The van der Waals surface area contributed by atoms with E-state index in [4.69, 9.17) is 0 Å². The molecule has 0 saturated carbocycles. The van der Waals surface area contributed by atoms with Crippen LogP contribution in [0.3, 0.4) is 0 Å². The molecule has 2 aromatic heterocycles. The summed E-state index contributed by atoms with van der Waals surface area (Å²) in [4.78, 5) is 32.0. The molecule has 0 spiro atoms. The number of aromatic nitrogens is 4. The molecule has 0 aromatic carbocycles. The second-order valence-corrected chi connectivity index (χ2v) is 5.78. The minimum absolute atomic E-state index is 0.0421. The molecule has 1 N–H and O–H groups in total. The van der Waals surface area contributed by atoms with Gasteiger partial charge in [-0.25, -0.2) is 0 Å². The van der Waals surface area contributed by atoms with Gasteiger partial charge in [-0.1, -0.05) is 0 Å². The number of rotatable bonds is 8. The Bertz CT molecular complexity index is 854. The van der Waals surface area contributed by atoms with E-state index in [1.165, 1.54) is 6.92 Å². The van der Waals surface area contributed by atoms with Gasteiger partial charge >= 0.3 is 11.5 Å². The smallest absolute Gasteiger partial charge is 0.358 e. The Labute approximate surface area is 148 Å². The summed E-state index contributed by atoms with van der Waals surface area (Å²) in [5, 5.41) is 32.4. The van der Waals surface area contributed by atoms with Crippen molar-refractivity contribution in [1.29, 1.82) is 0 Å². The highest BCUT2D eigenvalue weighted by Crippen LogP contribution is 2.28. The fourth-order valence-corrected chi connectivity index (χ4v) is 2.56. The number of aryl methyl sites for hydroxylation is 3. The largest absolute Gasteiger partial charge is 0.468 e. The van der Waals surface area contributed by atoms with Gasteiger partial charge in [0.15, 0.2) is 0 Å². The van der Waals surface area contributed by atoms with Crippen molar-refractivity contribution >= 4 is 17.4 Å². The van der Waals surface area contributed by atoms with Gasteiger partial charge in [-0.15, -0.1) is 0 Å². The van der Waals surface area contributed by atoms with E-state index in [2.05, 4.69) is 15.5 Å². The van der Waals surface area contributed by atoms with Crippen molar-refractivity contribution in [2.45, 2.75) is 40.3 Å². The molecule has 12 nitrogen and oxygen atoms in total. The molecule has 2 heterocycles. The van der Waals surface area contributed by atoms with Crippen LogP contribution in [-0.4, -0.2) is 41.9 Å². The van der Waals surface area contributed by atoms with Crippen molar-refractivity contribution in [3.63, 3.8) is 0 Å². The molecule has 12 heteroatoms. The predicted molar refractivity (Wildman–Crippen MR) is 89.6 cm³/mol. The second-order valence-electron chi connectivity index (χ2n) is 5.78. The Hall–Kier alpha value is -3.31. The fraction of sp³-hybridized carbons (Fsp3) is 0.500. The molecule has 0 aliphatic heterocycles. The lowest BCUT2D eigenvalue weighted by atomic mass is 10.3. The van der Waals surface area contributed by atoms with Crippen molar-refractivity contribution in [3.8, 4) is 0 Å². The molecule has 1 amide bonds. The van der Waals surface area contributed by atoms with Gasteiger partial charge in [-0.05, 0) is 38.2 Å². The first-order valence-corrected chi connectivity index (χ1v) is 7.84. The second kappa shape index (κ2) is 7.72. The number of carbonyl (C=O) groups is 1. The average molecular weight is 365 g/mol. The first-order chi connectivity index (χ1) is 12.2. The van der Waals surface area contributed by atoms with Crippen LogP contribution in [0.5, 0.6) is 0 Å². The quantitative estimate of drug-likeness (QED) is 0.416. The number of nitrogens with one attached hydrogen (secondary N) is 1. The molecular weight excluding hydrogens is 346 g/mol. The molecule has 0 radical (unpaired) electrons. The van der Waals surface area contributed by atoms with E-state index >= 15 is 0 Å². The zero-order chi connectivity index (χ0) is 19.4. The first-order valence-electron chi connectivity index (χ1n) is 7.84. The van der Waals surface area contributed by atoms with E-state index in [1.54, 1.807) is 0 Å². The monoisotopic (exact) mass is 365 g/mol. The van der Waals surface area contributed by atoms with Crippen LogP contribution in [0.15, 0.2) is 6.07 Å². The van der Waals surface area contributed by atoms with Crippen molar-refractivity contribution < 1.29 is 14.6 Å². The molecule has 0 aliphatic carbocycles. The van der Waals surface area contributed by atoms with Crippen molar-refractivity contribution in [2.75, 3.05) is 6.54 Å². The van der Waals surface area contributed by atoms with Crippen LogP contribution in [0, 0.1) is 41.0 Å². The summed E-state index contributed by atoms with van der Waals surface area (Å²) in [6.07, 6.45) is 0.645. The van der Waals surface area contributed by atoms with Crippen LogP contribution in [0.4, 0.5) is 11.5 Å². The van der Waals surface area contributed by atoms with Crippen molar-refractivity contribution in [2.24, 2.45) is 0 Å². The Balaban J connectivity index is 1.91. The van der Waals surface area contributed by atoms with Crippen LogP contribution < -0.4 is 5.32 Å². The van der Waals surface area contributed by atoms with Crippen LogP contribution >= 0.6 is 0 Å². The van der Waals surface area contributed by atoms with Gasteiger partial charge in [-0.2, -0.15) is 9.78 Å². The van der Waals surface area contributed by atoms with Crippen molar-refractivity contribution in [3.05, 3.63) is 43.4 Å². The molecule has 140 valence electrons. The van der Waals surface area contributed by atoms with E-state index in [9.17, 15) is 25.0 Å². The number of nitrogens with zero attached hydrogens (tertiary/aromatic N) is 6. The number of carbonyl (C=O) groups excluding carboxylic acids is 1. The molecule has 2 rings (SSSR count). The zero-order valence-corrected chi connectivity index (χ0v) is 14.6. The third kappa shape index (κ3) is 4.20. The maximum absolute atomic E-state index is 12.0. The highest BCUT2D eigenvalue weighted by atomic mass is 16.6. The highest BCUT2D eigenvalue weighted by Gasteiger charge is 2.35. The lowest BCUT2D eigenvalue weighted by Gasteiger charge is -2.06. The van der Waals surface area contributed by atoms with E-state index in [1.807, 2.05) is 24.6 Å². The number of hydrogen-bond donors (Lipinski definition) is 1. The van der Waals surface area contributed by atoms with E-state index in [-0.39, 0.29) is 12.2 Å². The minimum Gasteiger partial charge on any atom is -0.358 e. The van der Waals surface area contributed by atoms with Crippen LogP contribution in [0.25, 0.3) is 0 Å². The van der Waals surface area contributed by atoms with Gasteiger partial charge in [0, 0.05) is 18.8 Å². The molecule has 0 bridgehead atoms. The SMILES string of the molecule is Cc1cc(C)n(CCCNC(=O)Cn2nc([N+](=O)[O-])c([N+](=O)[O-])c2C)n1. The summed E-state index contributed by atoms with van der Waals surface area (Å²) in [7, 11) is 0. The minimum atomic E-state index is -0.937. The van der Waals surface area contributed by atoms with Gasteiger partial charge in [0.2, 0.25) is 5.91 Å². The zero-order valence-electron chi connectivity index (χ0n) is 14.6. The number of amides is 1. The molecule has 0 fully saturated rings. The highest BCUT2D eigenvalue weighted by molar-refractivity contribution is 5.76. The van der Waals surface area contributed by atoms with E-state index < -0.39 is 27.3 Å². The summed E-state index contributed by atoms with van der Waals surface area (Å²) in [6.45, 7) is 5.84. The lowest BCUT2D eigenvalue weighted by Crippen LogP contribution is -2.29. The fourth-order valence-electron chi connectivity index (χ4n) is 2.56. The molecule has 0 atom stereocenters. The third-order valence-corrected chi connectivity index (χ3v) is 3.78. The van der Waals surface area contributed by atoms with Gasteiger partial charge in [-0.3, -0.25) is 19.6 Å².